The molecular weight excluding hydrogens is 379 g/mol. The van der Waals surface area contributed by atoms with Gasteiger partial charge in [0.25, 0.3) is 0 Å². The van der Waals surface area contributed by atoms with Crippen LogP contribution in [0.5, 0.6) is 0 Å². The Kier molecular flexibility index (Phi) is 5.14. The van der Waals surface area contributed by atoms with Gasteiger partial charge in [0, 0.05) is 16.6 Å². The van der Waals surface area contributed by atoms with Crippen LogP contribution >= 0.6 is 0 Å². The van der Waals surface area contributed by atoms with E-state index in [4.69, 9.17) is 5.73 Å². The summed E-state index contributed by atoms with van der Waals surface area (Å²) >= 11 is 0. The molecule has 6 heteroatoms. The third-order valence-corrected chi connectivity index (χ3v) is 4.91. The van der Waals surface area contributed by atoms with Gasteiger partial charge in [-0.05, 0) is 41.6 Å². The number of aromatic nitrogens is 2. The zero-order chi connectivity index (χ0) is 21.3. The molecule has 30 heavy (non-hydrogen) atoms. The number of hydrogen-bond donors (Lipinski definition) is 1. The van der Waals surface area contributed by atoms with E-state index < -0.39 is 6.03 Å². The van der Waals surface area contributed by atoms with Crippen molar-refractivity contribution in [1.82, 2.24) is 9.97 Å². The van der Waals surface area contributed by atoms with E-state index in [1.807, 2.05) is 50.2 Å². The number of carbonyl (C=O) groups excluding carboxylic acids is 1. The summed E-state index contributed by atoms with van der Waals surface area (Å²) in [5.41, 5.74) is 8.37. The van der Waals surface area contributed by atoms with E-state index in [9.17, 15) is 9.18 Å². The molecule has 0 unspecified atom stereocenters. The molecule has 3 aromatic carbocycles. The van der Waals surface area contributed by atoms with Crippen LogP contribution in [0.3, 0.4) is 0 Å². The molecule has 0 saturated carbocycles. The van der Waals surface area contributed by atoms with Gasteiger partial charge in [-0.15, -0.1) is 0 Å². The minimum atomic E-state index is -0.683. The van der Waals surface area contributed by atoms with E-state index in [0.717, 1.165) is 16.6 Å². The summed E-state index contributed by atoms with van der Waals surface area (Å²) in [7, 11) is 0. The fourth-order valence-corrected chi connectivity index (χ4v) is 3.39. The number of urea groups is 1. The van der Waals surface area contributed by atoms with Gasteiger partial charge in [-0.25, -0.2) is 24.1 Å². The number of hydrogen-bond acceptors (Lipinski definition) is 3. The number of nitrogens with two attached hydrogens (primary N) is 1. The summed E-state index contributed by atoms with van der Waals surface area (Å²) in [4.78, 5) is 22.8. The molecule has 1 aromatic heterocycles. The van der Waals surface area contributed by atoms with E-state index >= 15 is 0 Å². The Morgan fingerprint density at radius 3 is 2.27 bits per heavy atom. The van der Waals surface area contributed by atoms with Gasteiger partial charge < -0.3 is 5.73 Å². The lowest BCUT2D eigenvalue weighted by molar-refractivity contribution is 0.256. The molecular formula is C24H21FN4O. The largest absolute Gasteiger partial charge is 0.351 e. The Hall–Kier alpha value is -3.80. The average Bonchev–Trinajstić information content (AvgIpc) is 2.74. The molecule has 0 bridgehead atoms. The molecule has 0 saturated heterocycles. The van der Waals surface area contributed by atoms with E-state index in [2.05, 4.69) is 9.97 Å². The summed E-state index contributed by atoms with van der Waals surface area (Å²) in [6.45, 7) is 4.02. The van der Waals surface area contributed by atoms with Crippen molar-refractivity contribution < 1.29 is 9.18 Å². The number of benzene rings is 3. The quantitative estimate of drug-likeness (QED) is 0.472. The number of rotatable bonds is 4. The van der Waals surface area contributed by atoms with Crippen molar-refractivity contribution in [1.29, 1.82) is 0 Å². The van der Waals surface area contributed by atoms with Crippen LogP contribution in [0.4, 0.5) is 20.8 Å². The van der Waals surface area contributed by atoms with Crippen LogP contribution in [-0.4, -0.2) is 16.0 Å². The lowest BCUT2D eigenvalue weighted by atomic mass is 10.00. The van der Waals surface area contributed by atoms with Gasteiger partial charge in [0.1, 0.15) is 5.82 Å². The summed E-state index contributed by atoms with van der Waals surface area (Å²) < 4.78 is 14.3. The van der Waals surface area contributed by atoms with E-state index in [-0.39, 0.29) is 17.7 Å². The Morgan fingerprint density at radius 2 is 1.60 bits per heavy atom. The topological polar surface area (TPSA) is 72.1 Å². The lowest BCUT2D eigenvalue weighted by Crippen LogP contribution is -2.33. The highest BCUT2D eigenvalue weighted by Gasteiger charge is 2.21. The smallest absolute Gasteiger partial charge is 0.326 e. The number of carbonyl (C=O) groups is 1. The van der Waals surface area contributed by atoms with E-state index in [0.29, 0.717) is 16.8 Å². The first-order valence-electron chi connectivity index (χ1n) is 9.67. The van der Waals surface area contributed by atoms with E-state index in [1.54, 1.807) is 30.3 Å². The van der Waals surface area contributed by atoms with Crippen LogP contribution in [0.1, 0.15) is 25.5 Å². The SMILES string of the molecule is CC(C)c1cc(-c2ccc(F)c3ccccc23)nc(N(C(N)=O)c2ccccc2)n1. The van der Waals surface area contributed by atoms with Crippen LogP contribution < -0.4 is 10.6 Å². The maximum atomic E-state index is 14.3. The molecule has 0 fully saturated rings. The third-order valence-electron chi connectivity index (χ3n) is 4.91. The molecule has 0 spiro atoms. The average molecular weight is 400 g/mol. The predicted molar refractivity (Wildman–Crippen MR) is 117 cm³/mol. The second-order valence-electron chi connectivity index (χ2n) is 7.28. The molecule has 0 aliphatic carbocycles. The Labute approximate surface area is 174 Å². The van der Waals surface area contributed by atoms with Crippen molar-refractivity contribution in [2.24, 2.45) is 5.73 Å². The van der Waals surface area contributed by atoms with Gasteiger partial charge >= 0.3 is 6.03 Å². The zero-order valence-electron chi connectivity index (χ0n) is 16.7. The third kappa shape index (κ3) is 3.59. The number of amides is 2. The second kappa shape index (κ2) is 7.91. The molecule has 2 amide bonds. The monoisotopic (exact) mass is 400 g/mol. The molecule has 4 aromatic rings. The zero-order valence-corrected chi connectivity index (χ0v) is 16.7. The maximum absolute atomic E-state index is 14.3. The van der Waals surface area contributed by atoms with Crippen molar-refractivity contribution in [2.75, 3.05) is 4.90 Å². The van der Waals surface area contributed by atoms with Crippen molar-refractivity contribution in [3.8, 4) is 11.3 Å². The highest BCUT2D eigenvalue weighted by molar-refractivity contribution is 5.98. The predicted octanol–water partition coefficient (Wildman–Crippen LogP) is 5.78. The molecule has 0 radical (unpaired) electrons. The molecule has 0 aliphatic rings. The summed E-state index contributed by atoms with van der Waals surface area (Å²) in [5.74, 6) is -0.0261. The number of anilines is 2. The van der Waals surface area contributed by atoms with Crippen molar-refractivity contribution in [3.63, 3.8) is 0 Å². The lowest BCUT2D eigenvalue weighted by Gasteiger charge is -2.21. The maximum Gasteiger partial charge on any atom is 0.326 e. The molecule has 0 atom stereocenters. The minimum Gasteiger partial charge on any atom is -0.351 e. The summed E-state index contributed by atoms with van der Waals surface area (Å²) in [6, 6.07) is 20.6. The molecule has 5 nitrogen and oxygen atoms in total. The first-order chi connectivity index (χ1) is 14.5. The Balaban J connectivity index is 1.96. The van der Waals surface area contributed by atoms with Gasteiger partial charge in [0.2, 0.25) is 5.95 Å². The number of fused-ring (bicyclic) bond motifs is 1. The van der Waals surface area contributed by atoms with Gasteiger partial charge in [-0.2, -0.15) is 0 Å². The molecule has 0 aliphatic heterocycles. The molecule has 4 rings (SSSR count). The summed E-state index contributed by atoms with van der Waals surface area (Å²) in [6.07, 6.45) is 0. The Morgan fingerprint density at radius 1 is 0.933 bits per heavy atom. The van der Waals surface area contributed by atoms with Crippen molar-refractivity contribution in [2.45, 2.75) is 19.8 Å². The van der Waals surface area contributed by atoms with Crippen molar-refractivity contribution >= 4 is 28.4 Å². The van der Waals surface area contributed by atoms with Crippen LogP contribution in [0.25, 0.3) is 22.0 Å². The van der Waals surface area contributed by atoms with Gasteiger partial charge in [0.15, 0.2) is 0 Å². The second-order valence-corrected chi connectivity index (χ2v) is 7.28. The fourth-order valence-electron chi connectivity index (χ4n) is 3.39. The van der Waals surface area contributed by atoms with Crippen molar-refractivity contribution in [3.05, 3.63) is 84.3 Å². The number of primary amides is 1. The van der Waals surface area contributed by atoms with Crippen LogP contribution in [0, 0.1) is 5.82 Å². The standard InChI is InChI=1S/C24H21FN4O/c1-15(2)21-14-22(19-12-13-20(25)18-11-7-6-10-17(18)19)28-24(27-21)29(23(26)30)16-8-4-3-5-9-16/h3-15H,1-2H3,(H2,26,30). The normalized spacial score (nSPS) is 11.1. The molecule has 2 N–H and O–H groups in total. The van der Waals surface area contributed by atoms with Crippen LogP contribution in [0.15, 0.2) is 72.8 Å². The first-order valence-corrected chi connectivity index (χ1v) is 9.67. The van der Waals surface area contributed by atoms with Crippen LogP contribution in [-0.2, 0) is 0 Å². The van der Waals surface area contributed by atoms with Gasteiger partial charge in [-0.3, -0.25) is 0 Å². The van der Waals surface area contributed by atoms with Gasteiger partial charge in [0.05, 0.1) is 11.4 Å². The number of nitrogens with zero attached hydrogens (tertiary/aromatic N) is 3. The van der Waals surface area contributed by atoms with Gasteiger partial charge in [-0.1, -0.05) is 56.3 Å². The Bertz CT molecular complexity index is 1220. The minimum absolute atomic E-state index is 0.0858. The fraction of sp³-hybridized carbons (Fsp3) is 0.125. The van der Waals surface area contributed by atoms with Crippen LogP contribution in [0.2, 0.25) is 0 Å². The summed E-state index contributed by atoms with van der Waals surface area (Å²) in [5, 5.41) is 1.25. The highest BCUT2D eigenvalue weighted by atomic mass is 19.1. The number of para-hydroxylation sites is 1. The van der Waals surface area contributed by atoms with E-state index in [1.165, 1.54) is 11.0 Å². The molecule has 150 valence electrons. The molecule has 1 heterocycles. The first kappa shape index (κ1) is 19.5. The number of halogens is 1. The highest BCUT2D eigenvalue weighted by Crippen LogP contribution is 2.32.